The van der Waals surface area contributed by atoms with Gasteiger partial charge < -0.3 is 4.42 Å². The van der Waals surface area contributed by atoms with E-state index < -0.39 is 11.8 Å². The smallest absolute Gasteiger partial charge is 0.273 e. The molecule has 8 heteroatoms. The summed E-state index contributed by atoms with van der Waals surface area (Å²) < 4.78 is 7.04. The molecule has 0 atom stereocenters. The molecule has 1 aromatic carbocycles. The SMILES string of the molecule is Cc1nn(C)c(C)c1C(=O)NNC(=O)c1cc(-c2ccco2)nc2ccccc12. The normalized spacial score (nSPS) is 10.9. The fourth-order valence-electron chi connectivity index (χ4n) is 3.26. The minimum absolute atomic E-state index is 0.377. The van der Waals surface area contributed by atoms with Gasteiger partial charge in [0.15, 0.2) is 5.76 Å². The minimum Gasteiger partial charge on any atom is -0.463 e. The molecular formula is C21H19N5O3. The van der Waals surface area contributed by atoms with Crippen molar-refractivity contribution in [2.45, 2.75) is 13.8 Å². The zero-order valence-corrected chi connectivity index (χ0v) is 16.2. The minimum atomic E-state index is -0.455. The number of rotatable bonds is 3. The van der Waals surface area contributed by atoms with E-state index >= 15 is 0 Å². The first-order valence-corrected chi connectivity index (χ1v) is 9.00. The molecule has 0 radical (unpaired) electrons. The summed E-state index contributed by atoms with van der Waals surface area (Å²) in [5.74, 6) is -0.328. The lowest BCUT2D eigenvalue weighted by Crippen LogP contribution is -2.42. The Bertz CT molecular complexity index is 1220. The maximum absolute atomic E-state index is 12.9. The van der Waals surface area contributed by atoms with Gasteiger partial charge >= 0.3 is 0 Å². The lowest BCUT2D eigenvalue weighted by Gasteiger charge is -2.11. The molecule has 0 spiro atoms. The summed E-state index contributed by atoms with van der Waals surface area (Å²) in [6.07, 6.45) is 1.55. The highest BCUT2D eigenvalue weighted by molar-refractivity contribution is 6.08. The second-order valence-corrected chi connectivity index (χ2v) is 6.63. The molecule has 3 heterocycles. The number of aryl methyl sites for hydroxylation is 2. The second kappa shape index (κ2) is 7.23. The topological polar surface area (TPSA) is 102 Å². The third-order valence-electron chi connectivity index (χ3n) is 4.76. The van der Waals surface area contributed by atoms with Crippen molar-refractivity contribution in [1.82, 2.24) is 25.6 Å². The van der Waals surface area contributed by atoms with Gasteiger partial charge in [-0.25, -0.2) is 4.98 Å². The van der Waals surface area contributed by atoms with Gasteiger partial charge in [-0.1, -0.05) is 18.2 Å². The number of benzene rings is 1. The van der Waals surface area contributed by atoms with Gasteiger partial charge in [0, 0.05) is 18.1 Å². The molecular weight excluding hydrogens is 370 g/mol. The third-order valence-corrected chi connectivity index (χ3v) is 4.76. The fraction of sp³-hybridized carbons (Fsp3) is 0.143. The first-order chi connectivity index (χ1) is 14.0. The predicted octanol–water partition coefficient (Wildman–Crippen LogP) is 2.92. The van der Waals surface area contributed by atoms with Crippen LogP contribution < -0.4 is 10.9 Å². The van der Waals surface area contributed by atoms with Crippen LogP contribution in [0.25, 0.3) is 22.4 Å². The summed E-state index contributed by atoms with van der Waals surface area (Å²) in [5.41, 5.74) is 8.26. The number of pyridine rings is 1. The van der Waals surface area contributed by atoms with Crippen LogP contribution in [0.2, 0.25) is 0 Å². The summed E-state index contributed by atoms with van der Waals surface area (Å²) in [6, 6.07) is 12.5. The molecule has 2 amide bonds. The van der Waals surface area contributed by atoms with Crippen LogP contribution >= 0.6 is 0 Å². The summed E-state index contributed by atoms with van der Waals surface area (Å²) >= 11 is 0. The maximum Gasteiger partial charge on any atom is 0.273 e. The third kappa shape index (κ3) is 3.36. The number of hydrogen-bond acceptors (Lipinski definition) is 5. The van der Waals surface area contributed by atoms with Gasteiger partial charge in [0.25, 0.3) is 11.8 Å². The van der Waals surface area contributed by atoms with E-state index in [1.54, 1.807) is 56.1 Å². The first-order valence-electron chi connectivity index (χ1n) is 9.00. The Morgan fingerprint density at radius 3 is 2.48 bits per heavy atom. The van der Waals surface area contributed by atoms with E-state index in [1.807, 2.05) is 18.2 Å². The summed E-state index contributed by atoms with van der Waals surface area (Å²) in [5, 5.41) is 4.89. The molecule has 0 aliphatic heterocycles. The quantitative estimate of drug-likeness (QED) is 0.525. The number of furan rings is 1. The van der Waals surface area contributed by atoms with Gasteiger partial charge in [-0.05, 0) is 38.1 Å². The highest BCUT2D eigenvalue weighted by atomic mass is 16.3. The largest absolute Gasteiger partial charge is 0.463 e. The number of carbonyl (C=O) groups excluding carboxylic acids is 2. The van der Waals surface area contributed by atoms with Crippen LogP contribution in [0, 0.1) is 13.8 Å². The van der Waals surface area contributed by atoms with Crippen molar-refractivity contribution in [3.8, 4) is 11.5 Å². The van der Waals surface area contributed by atoms with Crippen molar-refractivity contribution in [2.24, 2.45) is 7.05 Å². The van der Waals surface area contributed by atoms with E-state index in [-0.39, 0.29) is 0 Å². The molecule has 0 aliphatic rings. The Labute approximate surface area is 166 Å². The number of amides is 2. The number of fused-ring (bicyclic) bond motifs is 1. The van der Waals surface area contributed by atoms with Gasteiger partial charge in [-0.15, -0.1) is 0 Å². The summed E-state index contributed by atoms with van der Waals surface area (Å²) in [4.78, 5) is 30.0. The van der Waals surface area contributed by atoms with E-state index in [9.17, 15) is 9.59 Å². The Balaban J connectivity index is 1.64. The first kappa shape index (κ1) is 18.4. The van der Waals surface area contributed by atoms with Gasteiger partial charge in [0.1, 0.15) is 5.69 Å². The monoisotopic (exact) mass is 389 g/mol. The maximum atomic E-state index is 12.9. The number of nitrogens with zero attached hydrogens (tertiary/aromatic N) is 3. The van der Waals surface area contributed by atoms with Crippen LogP contribution in [0.5, 0.6) is 0 Å². The number of para-hydroxylation sites is 1. The summed E-state index contributed by atoms with van der Waals surface area (Å²) in [7, 11) is 1.76. The predicted molar refractivity (Wildman–Crippen MR) is 107 cm³/mol. The van der Waals surface area contributed by atoms with E-state index in [1.165, 1.54) is 0 Å². The van der Waals surface area contributed by atoms with Crippen molar-refractivity contribution in [2.75, 3.05) is 0 Å². The lowest BCUT2D eigenvalue weighted by atomic mass is 10.1. The zero-order chi connectivity index (χ0) is 20.5. The Morgan fingerprint density at radius 2 is 1.79 bits per heavy atom. The molecule has 3 aromatic heterocycles. The van der Waals surface area contributed by atoms with Crippen LogP contribution in [-0.4, -0.2) is 26.6 Å². The van der Waals surface area contributed by atoms with Crippen LogP contribution in [-0.2, 0) is 7.05 Å². The van der Waals surface area contributed by atoms with Crippen LogP contribution in [0.3, 0.4) is 0 Å². The number of hydrazine groups is 1. The molecule has 0 saturated heterocycles. The van der Waals surface area contributed by atoms with Gasteiger partial charge in [0.05, 0.1) is 28.6 Å². The van der Waals surface area contributed by atoms with Crippen LogP contribution in [0.15, 0.2) is 53.1 Å². The molecule has 29 heavy (non-hydrogen) atoms. The van der Waals surface area contributed by atoms with E-state index in [0.717, 1.165) is 0 Å². The van der Waals surface area contributed by atoms with Crippen LogP contribution in [0.1, 0.15) is 32.1 Å². The molecule has 0 aliphatic carbocycles. The highest BCUT2D eigenvalue weighted by Crippen LogP contribution is 2.25. The molecule has 0 bridgehead atoms. The standard InChI is InChI=1S/C21H19N5O3/c1-12-19(13(2)26(3)25-12)21(28)24-23-20(27)15-11-17(18-9-6-10-29-18)22-16-8-5-4-7-14(15)16/h4-11H,1-3H3,(H,23,27)(H,24,28). The fourth-order valence-corrected chi connectivity index (χ4v) is 3.26. The van der Waals surface area contributed by atoms with Crippen molar-refractivity contribution < 1.29 is 14.0 Å². The molecule has 4 rings (SSSR count). The lowest BCUT2D eigenvalue weighted by molar-refractivity contribution is 0.0846. The van der Waals surface area contributed by atoms with E-state index in [0.29, 0.717) is 44.9 Å². The van der Waals surface area contributed by atoms with Crippen molar-refractivity contribution in [3.05, 3.63) is 71.2 Å². The van der Waals surface area contributed by atoms with Gasteiger partial charge in [-0.2, -0.15) is 5.10 Å². The molecule has 2 N–H and O–H groups in total. The van der Waals surface area contributed by atoms with Gasteiger partial charge in [-0.3, -0.25) is 25.1 Å². The summed E-state index contributed by atoms with van der Waals surface area (Å²) in [6.45, 7) is 3.54. The number of carbonyl (C=O) groups is 2. The average Bonchev–Trinajstić information content (AvgIpc) is 3.33. The van der Waals surface area contributed by atoms with E-state index in [2.05, 4.69) is 20.9 Å². The van der Waals surface area contributed by atoms with Crippen molar-refractivity contribution in [1.29, 1.82) is 0 Å². The molecule has 0 unspecified atom stereocenters. The van der Waals surface area contributed by atoms with Gasteiger partial charge in [0.2, 0.25) is 0 Å². The Hall–Kier alpha value is -3.94. The Morgan fingerprint density at radius 1 is 1.03 bits per heavy atom. The van der Waals surface area contributed by atoms with E-state index in [4.69, 9.17) is 4.42 Å². The molecule has 8 nitrogen and oxygen atoms in total. The average molecular weight is 389 g/mol. The number of nitrogens with one attached hydrogen (secondary N) is 2. The number of aromatic nitrogens is 3. The highest BCUT2D eigenvalue weighted by Gasteiger charge is 2.19. The molecule has 4 aromatic rings. The Kier molecular flexibility index (Phi) is 4.59. The van der Waals surface area contributed by atoms with Crippen LogP contribution in [0.4, 0.5) is 0 Å². The molecule has 146 valence electrons. The number of hydrogen-bond donors (Lipinski definition) is 2. The zero-order valence-electron chi connectivity index (χ0n) is 16.2. The molecule has 0 saturated carbocycles. The van der Waals surface area contributed by atoms with Crippen molar-refractivity contribution >= 4 is 22.7 Å². The van der Waals surface area contributed by atoms with Crippen molar-refractivity contribution in [3.63, 3.8) is 0 Å². The molecule has 0 fully saturated rings. The second-order valence-electron chi connectivity index (χ2n) is 6.63.